The third-order valence-corrected chi connectivity index (χ3v) is 4.47. The van der Waals surface area contributed by atoms with Crippen LogP contribution in [0.3, 0.4) is 0 Å². The normalized spacial score (nSPS) is 25.2. The van der Waals surface area contributed by atoms with Crippen LogP contribution in [0.2, 0.25) is 0 Å². The minimum absolute atomic E-state index is 0.181. The SMILES string of the molecule is Nc1nc2c(CC3=CC4CCC3C4)c[nH]c2c(=O)[nH]1. The van der Waals surface area contributed by atoms with Crippen molar-refractivity contribution in [1.82, 2.24) is 15.0 Å². The second-order valence-electron chi connectivity index (χ2n) is 5.68. The van der Waals surface area contributed by atoms with Crippen molar-refractivity contribution in [2.24, 2.45) is 11.8 Å². The van der Waals surface area contributed by atoms with Crippen LogP contribution in [0.15, 0.2) is 22.6 Å². The molecule has 0 radical (unpaired) electrons. The average molecular weight is 256 g/mol. The van der Waals surface area contributed by atoms with Crippen molar-refractivity contribution in [3.05, 3.63) is 33.8 Å². The molecule has 2 bridgehead atoms. The topological polar surface area (TPSA) is 87.6 Å². The molecule has 4 N–H and O–H groups in total. The van der Waals surface area contributed by atoms with Gasteiger partial charge in [-0.05, 0) is 37.5 Å². The number of aromatic amines is 2. The average Bonchev–Trinajstić information content (AvgIpc) is 3.05. The van der Waals surface area contributed by atoms with E-state index in [1.165, 1.54) is 24.8 Å². The first kappa shape index (κ1) is 10.8. The highest BCUT2D eigenvalue weighted by Crippen LogP contribution is 2.44. The second-order valence-corrected chi connectivity index (χ2v) is 5.68. The summed E-state index contributed by atoms with van der Waals surface area (Å²) < 4.78 is 0. The number of H-pyrrole nitrogens is 2. The van der Waals surface area contributed by atoms with Crippen LogP contribution in [0.4, 0.5) is 5.95 Å². The second kappa shape index (κ2) is 3.73. The molecule has 0 spiro atoms. The van der Waals surface area contributed by atoms with Crippen molar-refractivity contribution in [2.75, 3.05) is 5.73 Å². The molecule has 0 amide bonds. The van der Waals surface area contributed by atoms with Crippen LogP contribution >= 0.6 is 0 Å². The zero-order chi connectivity index (χ0) is 13.0. The summed E-state index contributed by atoms with van der Waals surface area (Å²) >= 11 is 0. The Balaban J connectivity index is 1.76. The summed E-state index contributed by atoms with van der Waals surface area (Å²) in [7, 11) is 0. The summed E-state index contributed by atoms with van der Waals surface area (Å²) in [5.74, 6) is 1.71. The molecule has 5 heteroatoms. The number of nitrogens with two attached hydrogens (primary N) is 1. The van der Waals surface area contributed by atoms with E-state index in [-0.39, 0.29) is 11.5 Å². The van der Waals surface area contributed by atoms with E-state index < -0.39 is 0 Å². The van der Waals surface area contributed by atoms with Crippen molar-refractivity contribution in [3.63, 3.8) is 0 Å². The van der Waals surface area contributed by atoms with Crippen LogP contribution < -0.4 is 11.3 Å². The maximum atomic E-state index is 11.8. The monoisotopic (exact) mass is 256 g/mol. The van der Waals surface area contributed by atoms with Crippen LogP contribution in [0.5, 0.6) is 0 Å². The minimum atomic E-state index is -0.198. The Morgan fingerprint density at radius 2 is 2.32 bits per heavy atom. The molecule has 2 unspecified atom stereocenters. The molecule has 0 aliphatic heterocycles. The quantitative estimate of drug-likeness (QED) is 0.715. The van der Waals surface area contributed by atoms with Crippen LogP contribution in [-0.2, 0) is 6.42 Å². The van der Waals surface area contributed by atoms with Gasteiger partial charge >= 0.3 is 0 Å². The van der Waals surface area contributed by atoms with Gasteiger partial charge in [0.1, 0.15) is 11.0 Å². The van der Waals surface area contributed by atoms with E-state index in [4.69, 9.17) is 5.73 Å². The van der Waals surface area contributed by atoms with Gasteiger partial charge in [-0.3, -0.25) is 9.78 Å². The Hall–Kier alpha value is -2.04. The molecule has 2 heterocycles. The van der Waals surface area contributed by atoms with E-state index in [0.29, 0.717) is 11.0 Å². The molecule has 2 aromatic rings. The number of nitrogen functional groups attached to an aromatic ring is 1. The highest BCUT2D eigenvalue weighted by Gasteiger charge is 2.32. The van der Waals surface area contributed by atoms with Gasteiger partial charge < -0.3 is 10.7 Å². The first-order valence-electron chi connectivity index (χ1n) is 6.77. The van der Waals surface area contributed by atoms with Gasteiger partial charge in [-0.15, -0.1) is 0 Å². The van der Waals surface area contributed by atoms with Crippen molar-refractivity contribution >= 4 is 17.0 Å². The molecule has 2 aromatic heterocycles. The number of hydrogen-bond donors (Lipinski definition) is 3. The van der Waals surface area contributed by atoms with E-state index >= 15 is 0 Å². The largest absolute Gasteiger partial charge is 0.369 e. The van der Waals surface area contributed by atoms with E-state index in [1.807, 2.05) is 6.20 Å². The number of hydrogen-bond acceptors (Lipinski definition) is 3. The smallest absolute Gasteiger partial charge is 0.276 e. The molecule has 2 atom stereocenters. The third kappa shape index (κ3) is 1.61. The molecule has 19 heavy (non-hydrogen) atoms. The highest BCUT2D eigenvalue weighted by atomic mass is 16.1. The van der Waals surface area contributed by atoms with Gasteiger partial charge in [0.2, 0.25) is 5.95 Å². The number of nitrogens with one attached hydrogen (secondary N) is 2. The Labute approximate surface area is 109 Å². The van der Waals surface area contributed by atoms with Crippen molar-refractivity contribution in [1.29, 1.82) is 0 Å². The fourth-order valence-electron chi connectivity index (χ4n) is 3.59. The Bertz CT molecular complexity index is 739. The fourth-order valence-corrected chi connectivity index (χ4v) is 3.59. The molecule has 0 saturated heterocycles. The molecule has 4 rings (SSSR count). The Kier molecular flexibility index (Phi) is 2.13. The van der Waals surface area contributed by atoms with E-state index in [2.05, 4.69) is 21.0 Å². The number of allylic oxidation sites excluding steroid dienone is 2. The Morgan fingerprint density at radius 1 is 1.42 bits per heavy atom. The fraction of sp³-hybridized carbons (Fsp3) is 0.429. The first-order valence-corrected chi connectivity index (χ1v) is 6.77. The van der Waals surface area contributed by atoms with E-state index in [1.54, 1.807) is 0 Å². The van der Waals surface area contributed by atoms with Crippen molar-refractivity contribution in [3.8, 4) is 0 Å². The molecule has 1 saturated carbocycles. The van der Waals surface area contributed by atoms with Gasteiger partial charge in [-0.25, -0.2) is 4.98 Å². The lowest BCUT2D eigenvalue weighted by Crippen LogP contribution is -2.11. The molecule has 1 fully saturated rings. The lowest BCUT2D eigenvalue weighted by atomic mass is 9.93. The van der Waals surface area contributed by atoms with Crippen molar-refractivity contribution in [2.45, 2.75) is 25.7 Å². The standard InChI is InChI=1S/C14H16N4O/c15-14-17-11-10(6-16-12(11)13(19)18-14)5-9-4-7-1-2-8(9)3-7/h4,6-8,16H,1-3,5H2,(H3,15,17,18,19). The zero-order valence-electron chi connectivity index (χ0n) is 10.6. The highest BCUT2D eigenvalue weighted by molar-refractivity contribution is 5.79. The summed E-state index contributed by atoms with van der Waals surface area (Å²) in [6.45, 7) is 0. The van der Waals surface area contributed by atoms with E-state index in [0.717, 1.165) is 23.8 Å². The zero-order valence-corrected chi connectivity index (χ0v) is 10.6. The lowest BCUT2D eigenvalue weighted by Gasteiger charge is -2.12. The number of aromatic nitrogens is 3. The minimum Gasteiger partial charge on any atom is -0.369 e. The third-order valence-electron chi connectivity index (χ3n) is 4.47. The molecule has 0 aromatic carbocycles. The predicted molar refractivity (Wildman–Crippen MR) is 73.7 cm³/mol. The summed E-state index contributed by atoms with van der Waals surface area (Å²) in [5, 5.41) is 0. The summed E-state index contributed by atoms with van der Waals surface area (Å²) in [4.78, 5) is 21.5. The molecule has 2 aliphatic carbocycles. The van der Waals surface area contributed by atoms with Crippen molar-refractivity contribution < 1.29 is 0 Å². The van der Waals surface area contributed by atoms with E-state index in [9.17, 15) is 4.79 Å². The van der Waals surface area contributed by atoms with Gasteiger partial charge in [-0.2, -0.15) is 0 Å². The molecule has 5 nitrogen and oxygen atoms in total. The summed E-state index contributed by atoms with van der Waals surface area (Å²) in [5.41, 5.74) is 9.25. The molecular formula is C14H16N4O. The number of fused-ring (bicyclic) bond motifs is 3. The maximum absolute atomic E-state index is 11.8. The van der Waals surface area contributed by atoms with Crippen LogP contribution in [0, 0.1) is 11.8 Å². The van der Waals surface area contributed by atoms with Crippen LogP contribution in [0.25, 0.3) is 11.0 Å². The first-order chi connectivity index (χ1) is 9.20. The van der Waals surface area contributed by atoms with Gasteiger partial charge in [0.25, 0.3) is 5.56 Å². The van der Waals surface area contributed by atoms with Crippen LogP contribution in [0.1, 0.15) is 24.8 Å². The predicted octanol–water partition coefficient (Wildman–Crippen LogP) is 1.73. The number of nitrogens with zero attached hydrogens (tertiary/aromatic N) is 1. The van der Waals surface area contributed by atoms with Gasteiger partial charge in [0, 0.05) is 11.8 Å². The molecule has 98 valence electrons. The Morgan fingerprint density at radius 3 is 3.05 bits per heavy atom. The summed E-state index contributed by atoms with van der Waals surface area (Å²) in [6.07, 6.45) is 9.16. The van der Waals surface area contributed by atoms with Crippen LogP contribution in [-0.4, -0.2) is 15.0 Å². The molecular weight excluding hydrogens is 240 g/mol. The number of anilines is 1. The van der Waals surface area contributed by atoms with Gasteiger partial charge in [0.05, 0.1) is 0 Å². The van der Waals surface area contributed by atoms with Gasteiger partial charge in [0.15, 0.2) is 0 Å². The summed E-state index contributed by atoms with van der Waals surface area (Å²) in [6, 6.07) is 0. The number of rotatable bonds is 2. The van der Waals surface area contributed by atoms with Gasteiger partial charge in [-0.1, -0.05) is 11.6 Å². The lowest BCUT2D eigenvalue weighted by molar-refractivity contribution is 0.641. The maximum Gasteiger partial charge on any atom is 0.276 e. The molecule has 2 aliphatic rings.